The first-order valence-corrected chi connectivity index (χ1v) is 4.64. The SMILES string of the molecule is FSNc1ccc2ccccc2c1. The van der Waals surface area contributed by atoms with Crippen molar-refractivity contribution in [2.75, 3.05) is 4.72 Å². The first kappa shape index (κ1) is 8.38. The Kier molecular flexibility index (Phi) is 2.36. The van der Waals surface area contributed by atoms with Crippen LogP contribution in [0.3, 0.4) is 0 Å². The number of benzene rings is 2. The van der Waals surface area contributed by atoms with Crippen LogP contribution in [0.15, 0.2) is 42.5 Å². The molecule has 66 valence electrons. The summed E-state index contributed by atoms with van der Waals surface area (Å²) < 4.78 is 14.4. The summed E-state index contributed by atoms with van der Waals surface area (Å²) in [7, 11) is 0. The fourth-order valence-corrected chi connectivity index (χ4v) is 1.51. The molecule has 2 rings (SSSR count). The highest BCUT2D eigenvalue weighted by atomic mass is 32.2. The molecule has 0 unspecified atom stereocenters. The van der Waals surface area contributed by atoms with Crippen LogP contribution in [0.4, 0.5) is 9.57 Å². The van der Waals surface area contributed by atoms with E-state index in [1.807, 2.05) is 42.5 Å². The van der Waals surface area contributed by atoms with Gasteiger partial charge in [0.2, 0.25) is 0 Å². The van der Waals surface area contributed by atoms with Gasteiger partial charge < -0.3 is 4.72 Å². The average Bonchev–Trinajstić information content (AvgIpc) is 2.18. The van der Waals surface area contributed by atoms with Crippen LogP contribution in [-0.2, 0) is 0 Å². The Hall–Kier alpha value is -1.22. The second-order valence-corrected chi connectivity index (χ2v) is 3.10. The molecule has 3 heteroatoms. The van der Waals surface area contributed by atoms with Gasteiger partial charge in [0, 0.05) is 5.69 Å². The van der Waals surface area contributed by atoms with Crippen LogP contribution < -0.4 is 4.72 Å². The van der Waals surface area contributed by atoms with Gasteiger partial charge in [0.25, 0.3) is 0 Å². The van der Waals surface area contributed by atoms with Crippen molar-refractivity contribution >= 4 is 28.8 Å². The molecule has 1 nitrogen and oxygen atoms in total. The number of halogens is 1. The number of anilines is 1. The molecule has 0 aromatic heterocycles. The zero-order valence-electron chi connectivity index (χ0n) is 6.83. The molecule has 0 bridgehead atoms. The Morgan fingerprint density at radius 1 is 1.00 bits per heavy atom. The van der Waals surface area contributed by atoms with Crippen molar-refractivity contribution in [1.82, 2.24) is 0 Å². The van der Waals surface area contributed by atoms with Crippen LogP contribution in [0.1, 0.15) is 0 Å². The molecule has 0 spiro atoms. The smallest absolute Gasteiger partial charge is 0.162 e. The number of rotatable bonds is 2. The molecule has 0 aliphatic heterocycles. The van der Waals surface area contributed by atoms with Crippen molar-refractivity contribution in [2.45, 2.75) is 0 Å². The topological polar surface area (TPSA) is 12.0 Å². The van der Waals surface area contributed by atoms with E-state index in [4.69, 9.17) is 0 Å². The minimum Gasteiger partial charge on any atom is -0.302 e. The van der Waals surface area contributed by atoms with Crippen LogP contribution in [0.2, 0.25) is 0 Å². The maximum atomic E-state index is 11.9. The standard InChI is InChI=1S/C10H8FNS/c11-13-12-10-6-5-8-3-1-2-4-9(8)7-10/h1-7,12H. The van der Waals surface area contributed by atoms with E-state index in [-0.39, 0.29) is 12.3 Å². The third-order valence-electron chi connectivity index (χ3n) is 1.91. The highest BCUT2D eigenvalue weighted by Gasteiger charge is 1.94. The first-order valence-electron chi connectivity index (χ1n) is 3.92. The molecular formula is C10H8FNS. The summed E-state index contributed by atoms with van der Waals surface area (Å²) in [5.41, 5.74) is 0.784. The quantitative estimate of drug-likeness (QED) is 0.728. The minimum atomic E-state index is 0.113. The third kappa shape index (κ3) is 1.75. The molecule has 0 fully saturated rings. The second kappa shape index (κ2) is 3.66. The van der Waals surface area contributed by atoms with Gasteiger partial charge in [0.15, 0.2) is 12.3 Å². The predicted molar refractivity (Wildman–Crippen MR) is 56.3 cm³/mol. The Morgan fingerprint density at radius 2 is 1.77 bits per heavy atom. The van der Waals surface area contributed by atoms with E-state index < -0.39 is 0 Å². The van der Waals surface area contributed by atoms with Crippen molar-refractivity contribution < 1.29 is 3.89 Å². The van der Waals surface area contributed by atoms with Gasteiger partial charge in [-0.3, -0.25) is 0 Å². The monoisotopic (exact) mass is 193 g/mol. The molecule has 1 N–H and O–H groups in total. The molecule has 2 aromatic carbocycles. The highest BCUT2D eigenvalue weighted by molar-refractivity contribution is 7.95. The Balaban J connectivity index is 2.49. The van der Waals surface area contributed by atoms with E-state index in [9.17, 15) is 3.89 Å². The molecular weight excluding hydrogens is 185 g/mol. The van der Waals surface area contributed by atoms with Gasteiger partial charge in [-0.05, 0) is 22.9 Å². The lowest BCUT2D eigenvalue weighted by atomic mass is 10.1. The predicted octanol–water partition coefficient (Wildman–Crippen LogP) is 3.78. The molecule has 0 aliphatic rings. The fourth-order valence-electron chi connectivity index (χ4n) is 1.30. The maximum absolute atomic E-state index is 11.9. The van der Waals surface area contributed by atoms with Crippen LogP contribution in [-0.4, -0.2) is 0 Å². The number of nitrogens with one attached hydrogen (secondary N) is 1. The van der Waals surface area contributed by atoms with Crippen molar-refractivity contribution in [3.8, 4) is 0 Å². The van der Waals surface area contributed by atoms with E-state index in [1.165, 1.54) is 0 Å². The van der Waals surface area contributed by atoms with Gasteiger partial charge in [-0.1, -0.05) is 30.3 Å². The van der Waals surface area contributed by atoms with Crippen LogP contribution in [0.25, 0.3) is 10.8 Å². The molecule has 0 saturated carbocycles. The highest BCUT2D eigenvalue weighted by Crippen LogP contribution is 2.20. The zero-order valence-corrected chi connectivity index (χ0v) is 7.64. The van der Waals surface area contributed by atoms with Crippen LogP contribution in [0.5, 0.6) is 0 Å². The largest absolute Gasteiger partial charge is 0.302 e. The number of fused-ring (bicyclic) bond motifs is 1. The summed E-state index contributed by atoms with van der Waals surface area (Å²) in [5.74, 6) is 0. The third-order valence-corrected chi connectivity index (χ3v) is 2.22. The van der Waals surface area contributed by atoms with Crippen molar-refractivity contribution in [3.05, 3.63) is 42.5 Å². The van der Waals surface area contributed by atoms with Gasteiger partial charge in [-0.25, -0.2) is 0 Å². The Labute approximate surface area is 80.4 Å². The second-order valence-electron chi connectivity index (χ2n) is 2.74. The molecule has 0 heterocycles. The molecule has 0 aliphatic carbocycles. The van der Waals surface area contributed by atoms with Gasteiger partial charge in [-0.15, -0.1) is 3.89 Å². The summed E-state index contributed by atoms with van der Waals surface area (Å²) in [6, 6.07) is 13.7. The summed E-state index contributed by atoms with van der Waals surface area (Å²) in [4.78, 5) is 0. The fraction of sp³-hybridized carbons (Fsp3) is 0. The van der Waals surface area contributed by atoms with E-state index >= 15 is 0 Å². The first-order chi connectivity index (χ1) is 6.40. The Morgan fingerprint density at radius 3 is 2.54 bits per heavy atom. The van der Waals surface area contributed by atoms with E-state index in [0.717, 1.165) is 16.5 Å². The average molecular weight is 193 g/mol. The maximum Gasteiger partial charge on any atom is 0.162 e. The van der Waals surface area contributed by atoms with Gasteiger partial charge in [0.1, 0.15) is 0 Å². The lowest BCUT2D eigenvalue weighted by Gasteiger charge is -2.01. The van der Waals surface area contributed by atoms with E-state index in [0.29, 0.717) is 0 Å². The summed E-state index contributed by atoms with van der Waals surface area (Å²) in [6.07, 6.45) is 0. The molecule has 0 amide bonds. The number of hydrogen-bond acceptors (Lipinski definition) is 2. The normalized spacial score (nSPS) is 10.2. The Bertz CT molecular complexity index is 416. The molecule has 0 saturated heterocycles. The molecule has 2 aromatic rings. The molecule has 0 radical (unpaired) electrons. The van der Waals surface area contributed by atoms with Gasteiger partial charge in [-0.2, -0.15) is 0 Å². The van der Waals surface area contributed by atoms with Gasteiger partial charge >= 0.3 is 0 Å². The molecule has 13 heavy (non-hydrogen) atoms. The number of hydrogen-bond donors (Lipinski definition) is 1. The summed E-state index contributed by atoms with van der Waals surface area (Å²) >= 11 is 0.113. The zero-order chi connectivity index (χ0) is 9.10. The van der Waals surface area contributed by atoms with Gasteiger partial charge in [0.05, 0.1) is 0 Å². The summed E-state index contributed by atoms with van der Waals surface area (Å²) in [6.45, 7) is 0. The van der Waals surface area contributed by atoms with Crippen LogP contribution >= 0.6 is 12.3 Å². The van der Waals surface area contributed by atoms with Crippen molar-refractivity contribution in [2.24, 2.45) is 0 Å². The lowest BCUT2D eigenvalue weighted by molar-refractivity contribution is 0.943. The summed E-state index contributed by atoms with van der Waals surface area (Å²) in [5, 5.41) is 2.28. The van der Waals surface area contributed by atoms with Crippen LogP contribution in [0, 0.1) is 0 Å². The molecule has 0 atom stereocenters. The van der Waals surface area contributed by atoms with E-state index in [2.05, 4.69) is 4.72 Å². The van der Waals surface area contributed by atoms with Crippen molar-refractivity contribution in [3.63, 3.8) is 0 Å². The lowest BCUT2D eigenvalue weighted by Crippen LogP contribution is -1.82. The van der Waals surface area contributed by atoms with Crippen molar-refractivity contribution in [1.29, 1.82) is 0 Å². The minimum absolute atomic E-state index is 0.113. The van der Waals surface area contributed by atoms with E-state index in [1.54, 1.807) is 0 Å².